The van der Waals surface area contributed by atoms with Crippen molar-refractivity contribution >= 4 is 33.4 Å². The average molecular weight is 508 g/mol. The largest absolute Gasteiger partial charge is 0.492 e. The fourth-order valence-corrected chi connectivity index (χ4v) is 5.11. The Kier molecular flexibility index (Phi) is 7.32. The number of ether oxygens (including phenoxy) is 1. The molecule has 11 heteroatoms. The van der Waals surface area contributed by atoms with E-state index < -0.39 is 34.0 Å². The van der Waals surface area contributed by atoms with Crippen molar-refractivity contribution in [3.8, 4) is 5.75 Å². The van der Waals surface area contributed by atoms with Crippen LogP contribution in [0.4, 0.5) is 4.39 Å². The van der Waals surface area contributed by atoms with Gasteiger partial charge in [0.25, 0.3) is 10.0 Å². The molecule has 0 fully saturated rings. The molecule has 1 aliphatic rings. The number of carboxylic acids is 1. The second-order valence-corrected chi connectivity index (χ2v) is 9.58. The third-order valence-electron chi connectivity index (χ3n) is 5.27. The summed E-state index contributed by atoms with van der Waals surface area (Å²) >= 11 is 5.98. The smallest absolute Gasteiger partial charge is 0.330 e. The summed E-state index contributed by atoms with van der Waals surface area (Å²) in [5.41, 5.74) is 0.857. The number of hydrogen-bond donors (Lipinski definition) is 2. The summed E-state index contributed by atoms with van der Waals surface area (Å²) in [5, 5.41) is 12.5. The SMILES string of the molecule is C=CN(C1N=C(c2ccc(Cl)c(OC)c2F)NC(C(=O)O)C1=CC)S(=O)(=O)c1ccc(C)cc1. The summed E-state index contributed by atoms with van der Waals surface area (Å²) in [7, 11) is -2.95. The number of halogens is 2. The number of allylic oxidation sites excluding steroid dienone is 1. The highest BCUT2D eigenvalue weighted by Crippen LogP contribution is 2.32. The molecule has 0 amide bonds. The highest BCUT2D eigenvalue weighted by Gasteiger charge is 2.40. The number of carboxylic acid groups (broad SMARTS) is 1. The molecule has 34 heavy (non-hydrogen) atoms. The lowest BCUT2D eigenvalue weighted by molar-refractivity contribution is -0.138. The molecule has 0 aromatic heterocycles. The van der Waals surface area contributed by atoms with Crippen molar-refractivity contribution in [1.29, 1.82) is 0 Å². The molecule has 0 aliphatic carbocycles. The average Bonchev–Trinajstić information content (AvgIpc) is 2.79. The van der Waals surface area contributed by atoms with E-state index in [-0.39, 0.29) is 32.6 Å². The van der Waals surface area contributed by atoms with Crippen molar-refractivity contribution in [3.63, 3.8) is 0 Å². The van der Waals surface area contributed by atoms with E-state index in [1.54, 1.807) is 19.1 Å². The number of methoxy groups -OCH3 is 1. The van der Waals surface area contributed by atoms with E-state index in [1.807, 2.05) is 6.92 Å². The molecule has 1 aliphatic heterocycles. The quantitative estimate of drug-likeness (QED) is 0.553. The fourth-order valence-electron chi connectivity index (χ4n) is 3.54. The maximum Gasteiger partial charge on any atom is 0.330 e. The summed E-state index contributed by atoms with van der Waals surface area (Å²) in [4.78, 5) is 16.4. The van der Waals surface area contributed by atoms with Crippen LogP contribution in [0.5, 0.6) is 5.75 Å². The zero-order chi connectivity index (χ0) is 25.2. The minimum Gasteiger partial charge on any atom is -0.492 e. The number of aryl methyl sites for hydroxylation is 1. The molecule has 2 atom stereocenters. The number of sulfonamides is 1. The molecule has 8 nitrogen and oxygen atoms in total. The molecule has 3 rings (SSSR count). The molecule has 0 spiro atoms. The first-order valence-electron chi connectivity index (χ1n) is 10.0. The van der Waals surface area contributed by atoms with Gasteiger partial charge in [0.2, 0.25) is 0 Å². The van der Waals surface area contributed by atoms with Gasteiger partial charge in [-0.25, -0.2) is 26.9 Å². The number of rotatable bonds is 7. The van der Waals surface area contributed by atoms with Crippen molar-refractivity contribution in [2.24, 2.45) is 4.99 Å². The van der Waals surface area contributed by atoms with Gasteiger partial charge in [-0.1, -0.05) is 42.0 Å². The van der Waals surface area contributed by atoms with E-state index in [2.05, 4.69) is 16.9 Å². The zero-order valence-electron chi connectivity index (χ0n) is 18.6. The standard InChI is InChI=1S/C23H23ClFN3O5S/c1-5-15-19(23(29)30)26-21(16-11-12-17(24)20(33-4)18(16)25)27-22(15)28(6-2)34(31,32)14-9-7-13(3)8-10-14/h5-12,19,22H,2H2,1,3-4H3,(H,26,27)(H,29,30). The van der Waals surface area contributed by atoms with Gasteiger partial charge in [-0.2, -0.15) is 0 Å². The second-order valence-electron chi connectivity index (χ2n) is 7.33. The van der Waals surface area contributed by atoms with Crippen LogP contribution in [-0.2, 0) is 14.8 Å². The van der Waals surface area contributed by atoms with Gasteiger partial charge in [0, 0.05) is 11.8 Å². The predicted molar refractivity (Wildman–Crippen MR) is 127 cm³/mol. The van der Waals surface area contributed by atoms with Crippen molar-refractivity contribution in [3.05, 3.63) is 82.8 Å². The Hall–Kier alpha value is -3.37. The Labute approximate surface area is 202 Å². The van der Waals surface area contributed by atoms with Gasteiger partial charge < -0.3 is 15.2 Å². The van der Waals surface area contributed by atoms with Crippen LogP contribution in [0.2, 0.25) is 5.02 Å². The number of nitrogens with zero attached hydrogens (tertiary/aromatic N) is 2. The van der Waals surface area contributed by atoms with Crippen LogP contribution in [0.25, 0.3) is 0 Å². The first-order chi connectivity index (χ1) is 16.1. The predicted octanol–water partition coefficient (Wildman–Crippen LogP) is 3.71. The fraction of sp³-hybridized carbons (Fsp3) is 0.217. The van der Waals surface area contributed by atoms with Gasteiger partial charge >= 0.3 is 5.97 Å². The molecule has 1 heterocycles. The van der Waals surface area contributed by atoms with Crippen LogP contribution in [-0.4, -0.2) is 49.0 Å². The molecule has 0 radical (unpaired) electrons. The van der Waals surface area contributed by atoms with Gasteiger partial charge in [0.1, 0.15) is 5.84 Å². The van der Waals surface area contributed by atoms with Crippen LogP contribution in [0.3, 0.4) is 0 Å². The van der Waals surface area contributed by atoms with Crippen LogP contribution in [0.1, 0.15) is 18.1 Å². The van der Waals surface area contributed by atoms with Gasteiger partial charge in [0.15, 0.2) is 23.8 Å². The first-order valence-corrected chi connectivity index (χ1v) is 11.9. The number of carbonyl (C=O) groups is 1. The molecule has 2 aromatic carbocycles. The number of amidine groups is 1. The highest BCUT2D eigenvalue weighted by molar-refractivity contribution is 7.89. The van der Waals surface area contributed by atoms with E-state index in [4.69, 9.17) is 16.3 Å². The van der Waals surface area contributed by atoms with Gasteiger partial charge in [-0.15, -0.1) is 0 Å². The molecular formula is C23H23ClFN3O5S. The number of aliphatic imine (C=N–C) groups is 1. The minimum absolute atomic E-state index is 0.00954. The van der Waals surface area contributed by atoms with Gasteiger partial charge in [0.05, 0.1) is 22.6 Å². The van der Waals surface area contributed by atoms with Crippen molar-refractivity contribution in [1.82, 2.24) is 9.62 Å². The Morgan fingerprint density at radius 1 is 1.29 bits per heavy atom. The maximum atomic E-state index is 15.1. The van der Waals surface area contributed by atoms with Crippen LogP contribution >= 0.6 is 11.6 Å². The lowest BCUT2D eigenvalue weighted by Gasteiger charge is -2.36. The van der Waals surface area contributed by atoms with E-state index in [0.29, 0.717) is 0 Å². The number of benzene rings is 2. The third kappa shape index (κ3) is 4.51. The summed E-state index contributed by atoms with van der Waals surface area (Å²) in [6.45, 7) is 6.99. The third-order valence-corrected chi connectivity index (χ3v) is 7.34. The molecule has 180 valence electrons. The summed E-state index contributed by atoms with van der Waals surface area (Å²) in [6.07, 6.45) is 1.16. The lowest BCUT2D eigenvalue weighted by Crippen LogP contribution is -2.53. The van der Waals surface area contributed by atoms with Crippen LogP contribution < -0.4 is 10.1 Å². The van der Waals surface area contributed by atoms with E-state index >= 15 is 4.39 Å². The Morgan fingerprint density at radius 3 is 2.47 bits per heavy atom. The van der Waals surface area contributed by atoms with Crippen LogP contribution in [0.15, 0.2) is 70.7 Å². The Balaban J connectivity index is 2.22. The molecule has 2 unspecified atom stereocenters. The molecule has 0 saturated heterocycles. The van der Waals surface area contributed by atoms with Gasteiger partial charge in [-0.3, -0.25) is 0 Å². The first kappa shape index (κ1) is 25.3. The van der Waals surface area contributed by atoms with Crippen molar-refractivity contribution in [2.45, 2.75) is 31.0 Å². The van der Waals surface area contributed by atoms with Crippen molar-refractivity contribution in [2.75, 3.05) is 7.11 Å². The number of hydrogen-bond acceptors (Lipinski definition) is 6. The molecule has 2 N–H and O–H groups in total. The molecule has 2 aromatic rings. The monoisotopic (exact) mass is 507 g/mol. The Bertz CT molecular complexity index is 1290. The number of nitrogens with one attached hydrogen (secondary N) is 1. The van der Waals surface area contributed by atoms with E-state index in [1.165, 1.54) is 37.5 Å². The Morgan fingerprint density at radius 2 is 1.94 bits per heavy atom. The second kappa shape index (κ2) is 9.86. The summed E-state index contributed by atoms with van der Waals surface area (Å²) in [6, 6.07) is 7.41. The summed E-state index contributed by atoms with van der Waals surface area (Å²) in [5.74, 6) is -2.61. The number of aliphatic carboxylic acids is 1. The zero-order valence-corrected chi connectivity index (χ0v) is 20.2. The van der Waals surface area contributed by atoms with Gasteiger partial charge in [-0.05, 0) is 38.1 Å². The topological polar surface area (TPSA) is 108 Å². The normalized spacial score (nSPS) is 19.2. The van der Waals surface area contributed by atoms with Crippen molar-refractivity contribution < 1.29 is 27.4 Å². The lowest BCUT2D eigenvalue weighted by atomic mass is 10.00. The summed E-state index contributed by atoms with van der Waals surface area (Å²) < 4.78 is 47.9. The molecule has 0 bridgehead atoms. The highest BCUT2D eigenvalue weighted by atomic mass is 35.5. The minimum atomic E-state index is -4.19. The maximum absolute atomic E-state index is 15.1. The molecule has 0 saturated carbocycles. The van der Waals surface area contributed by atoms with E-state index in [9.17, 15) is 18.3 Å². The van der Waals surface area contributed by atoms with Crippen LogP contribution in [0, 0.1) is 12.7 Å². The van der Waals surface area contributed by atoms with E-state index in [0.717, 1.165) is 16.1 Å². The molecular weight excluding hydrogens is 485 g/mol.